The van der Waals surface area contributed by atoms with Crippen molar-refractivity contribution in [1.82, 2.24) is 0 Å². The molecule has 0 aliphatic heterocycles. The molecule has 0 saturated heterocycles. The van der Waals surface area contributed by atoms with Crippen LogP contribution in [0.15, 0.2) is 29.6 Å². The fourth-order valence-electron chi connectivity index (χ4n) is 1.62. The van der Waals surface area contributed by atoms with Crippen molar-refractivity contribution in [1.29, 1.82) is 0 Å². The molecular weight excluding hydrogens is 227 g/mol. The van der Waals surface area contributed by atoms with Gasteiger partial charge in [0.1, 0.15) is 10.7 Å². The highest BCUT2D eigenvalue weighted by Crippen LogP contribution is 2.30. The zero-order valence-electron chi connectivity index (χ0n) is 8.53. The number of carboxylic acids is 1. The molecule has 0 amide bonds. The van der Waals surface area contributed by atoms with Gasteiger partial charge in [0, 0.05) is 5.56 Å². The van der Waals surface area contributed by atoms with Crippen LogP contribution in [0.1, 0.15) is 15.2 Å². The molecule has 1 heterocycles. The molecule has 2 aromatic rings. The number of thiophene rings is 1. The first kappa shape index (κ1) is 10.8. The van der Waals surface area contributed by atoms with Gasteiger partial charge in [-0.15, -0.1) is 11.3 Å². The molecule has 0 bridgehead atoms. The fraction of sp³-hybridized carbons (Fsp3) is 0.0833. The van der Waals surface area contributed by atoms with Gasteiger partial charge in [0.05, 0.1) is 0 Å². The van der Waals surface area contributed by atoms with Gasteiger partial charge in [0.15, 0.2) is 0 Å². The molecule has 0 unspecified atom stereocenters. The lowest BCUT2D eigenvalue weighted by Gasteiger charge is -2.05. The molecule has 0 spiro atoms. The molecule has 4 heteroatoms. The first-order chi connectivity index (χ1) is 7.59. The summed E-state index contributed by atoms with van der Waals surface area (Å²) >= 11 is 1.17. The normalized spacial score (nSPS) is 10.4. The van der Waals surface area contributed by atoms with E-state index < -0.39 is 5.97 Å². The minimum atomic E-state index is -0.950. The summed E-state index contributed by atoms with van der Waals surface area (Å²) in [5, 5.41) is 10.7. The Morgan fingerprint density at radius 1 is 1.31 bits per heavy atom. The lowest BCUT2D eigenvalue weighted by Crippen LogP contribution is -1.95. The van der Waals surface area contributed by atoms with Crippen molar-refractivity contribution in [3.63, 3.8) is 0 Å². The second kappa shape index (κ2) is 4.06. The van der Waals surface area contributed by atoms with Gasteiger partial charge in [0.25, 0.3) is 0 Å². The summed E-state index contributed by atoms with van der Waals surface area (Å²) in [4.78, 5) is 11.3. The van der Waals surface area contributed by atoms with Crippen LogP contribution >= 0.6 is 11.3 Å². The molecule has 1 aromatic carbocycles. The summed E-state index contributed by atoms with van der Waals surface area (Å²) in [6.45, 7) is 1.77. The van der Waals surface area contributed by atoms with Gasteiger partial charge < -0.3 is 5.11 Å². The molecule has 0 aliphatic rings. The largest absolute Gasteiger partial charge is 0.477 e. The van der Waals surface area contributed by atoms with Crippen LogP contribution in [0.4, 0.5) is 4.39 Å². The van der Waals surface area contributed by atoms with Crippen molar-refractivity contribution in [3.8, 4) is 11.1 Å². The highest BCUT2D eigenvalue weighted by molar-refractivity contribution is 7.12. The van der Waals surface area contributed by atoms with Gasteiger partial charge in [-0.1, -0.05) is 6.07 Å². The molecule has 0 atom stereocenters. The third kappa shape index (κ3) is 1.84. The van der Waals surface area contributed by atoms with Gasteiger partial charge in [-0.3, -0.25) is 0 Å². The molecule has 82 valence electrons. The maximum absolute atomic E-state index is 12.9. The summed E-state index contributed by atoms with van der Waals surface area (Å²) in [5.74, 6) is -1.26. The number of aromatic carboxylic acids is 1. The second-order valence-electron chi connectivity index (χ2n) is 3.43. The van der Waals surface area contributed by atoms with Crippen LogP contribution in [0.5, 0.6) is 0 Å². The van der Waals surface area contributed by atoms with E-state index in [1.165, 1.54) is 23.5 Å². The zero-order valence-corrected chi connectivity index (χ0v) is 9.34. The monoisotopic (exact) mass is 236 g/mol. The molecule has 2 nitrogen and oxygen atoms in total. The molecule has 16 heavy (non-hydrogen) atoms. The third-order valence-electron chi connectivity index (χ3n) is 2.34. The SMILES string of the molecule is Cc1cc(F)ccc1-c1ccsc1C(=O)O. The van der Waals surface area contributed by atoms with Gasteiger partial charge in [-0.2, -0.15) is 0 Å². The lowest BCUT2D eigenvalue weighted by atomic mass is 10.0. The van der Waals surface area contributed by atoms with Crippen LogP contribution in [-0.2, 0) is 0 Å². The predicted octanol–water partition coefficient (Wildman–Crippen LogP) is 3.56. The van der Waals surface area contributed by atoms with Crippen molar-refractivity contribution in [2.45, 2.75) is 6.92 Å². The van der Waals surface area contributed by atoms with Crippen LogP contribution in [0, 0.1) is 12.7 Å². The van der Waals surface area contributed by atoms with Gasteiger partial charge >= 0.3 is 5.97 Å². The van der Waals surface area contributed by atoms with E-state index in [4.69, 9.17) is 5.11 Å². The quantitative estimate of drug-likeness (QED) is 0.865. The molecule has 1 N–H and O–H groups in total. The van der Waals surface area contributed by atoms with Crippen molar-refractivity contribution in [3.05, 3.63) is 45.9 Å². The first-order valence-corrected chi connectivity index (χ1v) is 5.55. The Morgan fingerprint density at radius 3 is 2.69 bits per heavy atom. The number of benzene rings is 1. The van der Waals surface area contributed by atoms with E-state index in [9.17, 15) is 9.18 Å². The van der Waals surface area contributed by atoms with E-state index >= 15 is 0 Å². The molecule has 0 fully saturated rings. The maximum Gasteiger partial charge on any atom is 0.346 e. The van der Waals surface area contributed by atoms with Crippen molar-refractivity contribution < 1.29 is 14.3 Å². The number of hydrogen-bond donors (Lipinski definition) is 1. The van der Waals surface area contributed by atoms with E-state index in [0.717, 1.165) is 11.1 Å². The Kier molecular flexibility index (Phi) is 2.75. The molecular formula is C12H9FO2S. The van der Waals surface area contributed by atoms with Crippen LogP contribution < -0.4 is 0 Å². The minimum Gasteiger partial charge on any atom is -0.477 e. The van der Waals surface area contributed by atoms with E-state index in [1.807, 2.05) is 0 Å². The van der Waals surface area contributed by atoms with Crippen LogP contribution in [-0.4, -0.2) is 11.1 Å². The average Bonchev–Trinajstić information content (AvgIpc) is 2.66. The van der Waals surface area contributed by atoms with Crippen molar-refractivity contribution >= 4 is 17.3 Å². The molecule has 2 rings (SSSR count). The van der Waals surface area contributed by atoms with E-state index in [0.29, 0.717) is 5.56 Å². The zero-order chi connectivity index (χ0) is 11.7. The predicted molar refractivity (Wildman–Crippen MR) is 61.4 cm³/mol. The summed E-state index contributed by atoms with van der Waals surface area (Å²) < 4.78 is 12.9. The third-order valence-corrected chi connectivity index (χ3v) is 3.24. The van der Waals surface area contributed by atoms with Crippen LogP contribution in [0.2, 0.25) is 0 Å². The van der Waals surface area contributed by atoms with E-state index in [2.05, 4.69) is 0 Å². The Labute approximate surface area is 96.0 Å². The van der Waals surface area contributed by atoms with E-state index in [1.54, 1.807) is 24.4 Å². The van der Waals surface area contributed by atoms with Gasteiger partial charge in [-0.25, -0.2) is 9.18 Å². The second-order valence-corrected chi connectivity index (χ2v) is 4.34. The number of carboxylic acid groups (broad SMARTS) is 1. The summed E-state index contributed by atoms with van der Waals surface area (Å²) in [5.41, 5.74) is 2.15. The van der Waals surface area contributed by atoms with Crippen molar-refractivity contribution in [2.75, 3.05) is 0 Å². The number of aryl methyl sites for hydroxylation is 1. The van der Waals surface area contributed by atoms with Crippen LogP contribution in [0.25, 0.3) is 11.1 Å². The number of hydrogen-bond acceptors (Lipinski definition) is 2. The maximum atomic E-state index is 12.9. The summed E-state index contributed by atoms with van der Waals surface area (Å²) in [6, 6.07) is 6.10. The molecule has 0 saturated carbocycles. The smallest absolute Gasteiger partial charge is 0.346 e. The molecule has 1 aromatic heterocycles. The number of carbonyl (C=O) groups is 1. The number of rotatable bonds is 2. The standard InChI is InChI=1S/C12H9FO2S/c1-7-6-8(13)2-3-9(7)10-4-5-16-11(10)12(14)15/h2-6H,1H3,(H,14,15). The fourth-order valence-corrected chi connectivity index (χ4v) is 2.36. The first-order valence-electron chi connectivity index (χ1n) is 4.67. The summed E-state index contributed by atoms with van der Waals surface area (Å²) in [7, 11) is 0. The van der Waals surface area contributed by atoms with Gasteiger partial charge in [-0.05, 0) is 41.6 Å². The average molecular weight is 236 g/mol. The Bertz CT molecular complexity index is 546. The Balaban J connectivity index is 2.59. The highest BCUT2D eigenvalue weighted by atomic mass is 32.1. The van der Waals surface area contributed by atoms with E-state index in [-0.39, 0.29) is 10.7 Å². The topological polar surface area (TPSA) is 37.3 Å². The van der Waals surface area contributed by atoms with Gasteiger partial charge in [0.2, 0.25) is 0 Å². The van der Waals surface area contributed by atoms with Crippen LogP contribution in [0.3, 0.4) is 0 Å². The molecule has 0 radical (unpaired) electrons. The number of halogens is 1. The highest BCUT2D eigenvalue weighted by Gasteiger charge is 2.14. The minimum absolute atomic E-state index is 0.287. The lowest BCUT2D eigenvalue weighted by molar-refractivity contribution is 0.0703. The Hall–Kier alpha value is -1.68. The summed E-state index contributed by atoms with van der Waals surface area (Å²) in [6.07, 6.45) is 0. The Morgan fingerprint density at radius 2 is 2.06 bits per heavy atom. The van der Waals surface area contributed by atoms with Crippen molar-refractivity contribution in [2.24, 2.45) is 0 Å². The molecule has 0 aliphatic carbocycles.